The lowest BCUT2D eigenvalue weighted by molar-refractivity contribution is -0.383. The van der Waals surface area contributed by atoms with Gasteiger partial charge >= 0.3 is 5.69 Å². The zero-order valence-electron chi connectivity index (χ0n) is 10.6. The highest BCUT2D eigenvalue weighted by molar-refractivity contribution is 5.70. The van der Waals surface area contributed by atoms with Crippen LogP contribution in [0.15, 0.2) is 6.33 Å². The van der Waals surface area contributed by atoms with E-state index in [0.29, 0.717) is 31.4 Å². The molecule has 1 aliphatic heterocycles. The van der Waals surface area contributed by atoms with Gasteiger partial charge in [-0.3, -0.25) is 10.1 Å². The highest BCUT2D eigenvalue weighted by atomic mass is 16.6. The lowest BCUT2D eigenvalue weighted by Crippen LogP contribution is -2.24. The van der Waals surface area contributed by atoms with Crippen molar-refractivity contribution in [3.05, 3.63) is 16.4 Å². The van der Waals surface area contributed by atoms with Crippen LogP contribution < -0.4 is 16.2 Å². The Hall–Kier alpha value is -2.00. The molecule has 9 nitrogen and oxygen atoms in total. The summed E-state index contributed by atoms with van der Waals surface area (Å²) in [6.07, 6.45) is 2.18. The number of aromatic nitrogens is 2. The van der Waals surface area contributed by atoms with E-state index < -0.39 is 4.92 Å². The van der Waals surface area contributed by atoms with Crippen molar-refractivity contribution in [1.82, 2.24) is 9.97 Å². The predicted molar refractivity (Wildman–Crippen MR) is 68.7 cm³/mol. The minimum absolute atomic E-state index is 0.0187. The minimum atomic E-state index is -0.520. The molecule has 0 amide bonds. The third kappa shape index (κ3) is 2.71. The third-order valence-corrected chi connectivity index (χ3v) is 3.11. The summed E-state index contributed by atoms with van der Waals surface area (Å²) < 4.78 is 5.11. The van der Waals surface area contributed by atoms with Gasteiger partial charge in [-0.15, -0.1) is 0 Å². The number of rotatable bonds is 5. The number of nitrogens with two attached hydrogens (primary N) is 1. The van der Waals surface area contributed by atoms with Crippen LogP contribution in [0.3, 0.4) is 0 Å². The molecule has 2 heterocycles. The fourth-order valence-corrected chi connectivity index (χ4v) is 2.27. The van der Waals surface area contributed by atoms with Gasteiger partial charge in [0.25, 0.3) is 0 Å². The smallest absolute Gasteiger partial charge is 0.354 e. The third-order valence-electron chi connectivity index (χ3n) is 3.11. The lowest BCUT2D eigenvalue weighted by Gasteiger charge is -2.17. The number of hydrogen-bond acceptors (Lipinski definition) is 8. The van der Waals surface area contributed by atoms with Gasteiger partial charge < -0.3 is 15.1 Å². The topological polar surface area (TPSA) is 119 Å². The van der Waals surface area contributed by atoms with Gasteiger partial charge in [-0.1, -0.05) is 0 Å². The molecule has 1 aliphatic rings. The molecular formula is C10H16N6O3. The Balaban J connectivity index is 2.28. The van der Waals surface area contributed by atoms with Crippen LogP contribution in [-0.2, 0) is 4.74 Å². The molecule has 0 radical (unpaired) electrons. The highest BCUT2D eigenvalue weighted by Gasteiger charge is 2.31. The second-order valence-corrected chi connectivity index (χ2v) is 4.35. The Bertz CT molecular complexity index is 469. The van der Waals surface area contributed by atoms with Crippen molar-refractivity contribution in [2.75, 3.05) is 37.1 Å². The monoisotopic (exact) mass is 268 g/mol. The second kappa shape index (κ2) is 5.76. The maximum Gasteiger partial charge on any atom is 0.354 e. The molecule has 1 fully saturated rings. The fourth-order valence-electron chi connectivity index (χ4n) is 2.27. The van der Waals surface area contributed by atoms with Gasteiger partial charge in [-0.25, -0.2) is 15.8 Å². The largest absolute Gasteiger partial charge is 0.384 e. The van der Waals surface area contributed by atoms with Crippen molar-refractivity contribution in [1.29, 1.82) is 0 Å². The minimum Gasteiger partial charge on any atom is -0.384 e. The van der Waals surface area contributed by atoms with E-state index in [1.54, 1.807) is 7.11 Å². The summed E-state index contributed by atoms with van der Waals surface area (Å²) in [5.41, 5.74) is 2.04. The maximum absolute atomic E-state index is 11.1. The van der Waals surface area contributed by atoms with Crippen LogP contribution in [0.25, 0.3) is 0 Å². The number of hydrazine groups is 1. The summed E-state index contributed by atoms with van der Waals surface area (Å²) in [4.78, 5) is 20.3. The standard InChI is InChI=1S/C10H16N6O3/c1-19-5-7-2-3-15(4-7)10-8(16(17)18)9(14-11)12-6-13-10/h6-7H,2-5,11H2,1H3,(H,12,13,14). The molecule has 104 valence electrons. The van der Waals surface area contributed by atoms with Gasteiger partial charge in [0.1, 0.15) is 6.33 Å². The Morgan fingerprint density at radius 3 is 3.11 bits per heavy atom. The molecule has 0 bridgehead atoms. The Labute approximate surface area is 109 Å². The summed E-state index contributed by atoms with van der Waals surface area (Å²) in [7, 11) is 1.65. The summed E-state index contributed by atoms with van der Waals surface area (Å²) >= 11 is 0. The van der Waals surface area contributed by atoms with E-state index in [1.165, 1.54) is 6.33 Å². The first-order valence-corrected chi connectivity index (χ1v) is 5.87. The molecule has 3 N–H and O–H groups in total. The number of nitrogens with one attached hydrogen (secondary N) is 1. The molecule has 0 spiro atoms. The molecule has 2 rings (SSSR count). The van der Waals surface area contributed by atoms with Gasteiger partial charge in [-0.2, -0.15) is 0 Å². The fraction of sp³-hybridized carbons (Fsp3) is 0.600. The molecule has 1 saturated heterocycles. The van der Waals surface area contributed by atoms with Gasteiger partial charge in [-0.05, 0) is 6.42 Å². The normalized spacial score (nSPS) is 18.6. The van der Waals surface area contributed by atoms with Gasteiger partial charge in [0.05, 0.1) is 11.5 Å². The average Bonchev–Trinajstić information content (AvgIpc) is 2.86. The molecule has 1 aromatic heterocycles. The molecule has 1 aromatic rings. The molecule has 0 aromatic carbocycles. The van der Waals surface area contributed by atoms with Crippen molar-refractivity contribution in [2.45, 2.75) is 6.42 Å². The second-order valence-electron chi connectivity index (χ2n) is 4.35. The number of nitrogens with zero attached hydrogens (tertiary/aromatic N) is 4. The van der Waals surface area contributed by atoms with Crippen molar-refractivity contribution in [2.24, 2.45) is 11.8 Å². The molecule has 9 heteroatoms. The molecule has 1 unspecified atom stereocenters. The molecule has 19 heavy (non-hydrogen) atoms. The van der Waals surface area contributed by atoms with E-state index in [9.17, 15) is 10.1 Å². The van der Waals surface area contributed by atoms with Gasteiger partial charge in [0.2, 0.25) is 11.6 Å². The average molecular weight is 268 g/mol. The first-order chi connectivity index (χ1) is 9.17. The number of ether oxygens (including phenoxy) is 1. The number of methoxy groups -OCH3 is 1. The van der Waals surface area contributed by atoms with Crippen molar-refractivity contribution < 1.29 is 9.66 Å². The molecule has 0 aliphatic carbocycles. The zero-order valence-corrected chi connectivity index (χ0v) is 10.6. The van der Waals surface area contributed by atoms with E-state index in [1.807, 2.05) is 4.90 Å². The van der Waals surface area contributed by atoms with Crippen LogP contribution in [0.5, 0.6) is 0 Å². The van der Waals surface area contributed by atoms with Crippen molar-refractivity contribution in [3.63, 3.8) is 0 Å². The Kier molecular flexibility index (Phi) is 4.07. The molecule has 1 atom stereocenters. The van der Waals surface area contributed by atoms with Crippen LogP contribution in [0.2, 0.25) is 0 Å². The van der Waals surface area contributed by atoms with Crippen LogP contribution in [0.4, 0.5) is 17.3 Å². The summed E-state index contributed by atoms with van der Waals surface area (Å²) in [5.74, 6) is 5.92. The number of nitro groups is 1. The van der Waals surface area contributed by atoms with Crippen molar-refractivity contribution in [3.8, 4) is 0 Å². The van der Waals surface area contributed by atoms with E-state index >= 15 is 0 Å². The SMILES string of the molecule is COCC1CCN(c2ncnc(NN)c2[N+](=O)[O-])C1. The molecular weight excluding hydrogens is 252 g/mol. The van der Waals surface area contributed by atoms with Gasteiger partial charge in [0, 0.05) is 26.1 Å². The number of nitrogen functional groups attached to an aromatic ring is 1. The van der Waals surface area contributed by atoms with Crippen LogP contribution in [0, 0.1) is 16.0 Å². The number of hydrogen-bond donors (Lipinski definition) is 2. The van der Waals surface area contributed by atoms with Crippen LogP contribution >= 0.6 is 0 Å². The van der Waals surface area contributed by atoms with Crippen LogP contribution in [0.1, 0.15) is 6.42 Å². The maximum atomic E-state index is 11.1. The lowest BCUT2D eigenvalue weighted by atomic mass is 10.1. The first kappa shape index (κ1) is 13.4. The highest BCUT2D eigenvalue weighted by Crippen LogP contribution is 2.34. The number of anilines is 2. The Morgan fingerprint density at radius 1 is 1.68 bits per heavy atom. The summed E-state index contributed by atoms with van der Waals surface area (Å²) in [6.45, 7) is 2.02. The quantitative estimate of drug-likeness (QED) is 0.439. The summed E-state index contributed by atoms with van der Waals surface area (Å²) in [5, 5.41) is 11.1. The van der Waals surface area contributed by atoms with E-state index in [2.05, 4.69) is 15.4 Å². The predicted octanol–water partition coefficient (Wildman–Crippen LogP) is 0.143. The Morgan fingerprint density at radius 2 is 2.47 bits per heavy atom. The summed E-state index contributed by atoms with van der Waals surface area (Å²) in [6, 6.07) is 0. The van der Waals surface area contributed by atoms with E-state index in [0.717, 1.165) is 6.42 Å². The van der Waals surface area contributed by atoms with Crippen molar-refractivity contribution >= 4 is 17.3 Å². The first-order valence-electron chi connectivity index (χ1n) is 5.87. The van der Waals surface area contributed by atoms with Gasteiger partial charge in [0.15, 0.2) is 0 Å². The van der Waals surface area contributed by atoms with E-state index in [4.69, 9.17) is 10.6 Å². The van der Waals surface area contributed by atoms with E-state index in [-0.39, 0.29) is 11.5 Å². The zero-order chi connectivity index (χ0) is 13.8. The molecule has 0 saturated carbocycles. The van der Waals surface area contributed by atoms with Crippen LogP contribution in [-0.4, -0.2) is 41.7 Å².